The smallest absolute Gasteiger partial charge is 0.277 e. The van der Waals surface area contributed by atoms with Crippen LogP contribution in [0.15, 0.2) is 38.4 Å². The minimum absolute atomic E-state index is 0. The van der Waals surface area contributed by atoms with Crippen molar-refractivity contribution in [1.29, 1.82) is 0 Å². The number of nitrogens with zero attached hydrogens (tertiary/aromatic N) is 2. The molecule has 0 radical (unpaired) electrons. The number of hydrogen-bond donors (Lipinski definition) is 2. The van der Waals surface area contributed by atoms with Gasteiger partial charge in [-0.1, -0.05) is 48.0 Å². The molecule has 9 heteroatoms. The first-order valence-corrected chi connectivity index (χ1v) is 9.04. The monoisotopic (exact) mass is 434 g/mol. The number of thioether (sulfide) groups is 1. The predicted molar refractivity (Wildman–Crippen MR) is 101 cm³/mol. The molecule has 0 aliphatic carbocycles. The summed E-state index contributed by atoms with van der Waals surface area (Å²) in [6.07, 6.45) is 0.932. The van der Waals surface area contributed by atoms with Gasteiger partial charge in [0.1, 0.15) is 0 Å². The van der Waals surface area contributed by atoms with Crippen molar-refractivity contribution in [3.8, 4) is 0 Å². The van der Waals surface area contributed by atoms with Crippen LogP contribution >= 0.6 is 40.1 Å². The Morgan fingerprint density at radius 2 is 2.04 bits per heavy atom. The van der Waals surface area contributed by atoms with E-state index in [1.165, 1.54) is 11.8 Å². The lowest BCUT2D eigenvalue weighted by Gasteiger charge is -2.13. The van der Waals surface area contributed by atoms with Crippen LogP contribution in [0.1, 0.15) is 32.2 Å². The Labute approximate surface area is 159 Å². The van der Waals surface area contributed by atoms with E-state index in [1.807, 2.05) is 31.2 Å². The summed E-state index contributed by atoms with van der Waals surface area (Å²) in [5, 5.41) is 11.0. The highest BCUT2D eigenvalue weighted by Crippen LogP contribution is 2.24. The van der Waals surface area contributed by atoms with Gasteiger partial charge in [0, 0.05) is 10.2 Å². The summed E-state index contributed by atoms with van der Waals surface area (Å²) < 4.78 is 6.47. The third-order valence-corrected chi connectivity index (χ3v) is 4.77. The molecule has 0 saturated carbocycles. The Hall–Kier alpha value is -1.09. The molecule has 0 spiro atoms. The lowest BCUT2D eigenvalue weighted by atomic mass is 10.0. The van der Waals surface area contributed by atoms with Crippen LogP contribution < -0.4 is 11.1 Å². The zero-order chi connectivity index (χ0) is 16.8. The van der Waals surface area contributed by atoms with Gasteiger partial charge in [0.15, 0.2) is 0 Å². The van der Waals surface area contributed by atoms with E-state index < -0.39 is 0 Å². The lowest BCUT2D eigenvalue weighted by Crippen LogP contribution is -2.18. The number of amides is 1. The number of carbonyl (C=O) groups is 1. The Morgan fingerprint density at radius 3 is 2.67 bits per heavy atom. The van der Waals surface area contributed by atoms with Crippen LogP contribution in [0.25, 0.3) is 0 Å². The number of nitrogens with one attached hydrogen (secondary N) is 1. The average molecular weight is 436 g/mol. The van der Waals surface area contributed by atoms with Crippen LogP contribution in [0.3, 0.4) is 0 Å². The molecule has 0 saturated heterocycles. The molecule has 1 aromatic carbocycles. The summed E-state index contributed by atoms with van der Waals surface area (Å²) >= 11 is 4.54. The first-order chi connectivity index (χ1) is 11.0. The molecule has 3 N–H and O–H groups in total. The van der Waals surface area contributed by atoms with Crippen molar-refractivity contribution in [2.75, 3.05) is 11.1 Å². The largest absolute Gasteiger partial charge is 0.414 e. The average Bonchev–Trinajstić information content (AvgIpc) is 3.02. The lowest BCUT2D eigenvalue weighted by molar-refractivity contribution is -0.113. The van der Waals surface area contributed by atoms with Gasteiger partial charge in [0.25, 0.3) is 5.22 Å². The van der Waals surface area contributed by atoms with Crippen LogP contribution in [0.5, 0.6) is 0 Å². The Balaban J connectivity index is 0.00000288. The van der Waals surface area contributed by atoms with Crippen LogP contribution in [0.2, 0.25) is 0 Å². The molecule has 1 heterocycles. The number of carbonyl (C=O) groups excluding carboxylic acids is 1. The van der Waals surface area contributed by atoms with Crippen molar-refractivity contribution in [2.45, 2.75) is 31.5 Å². The summed E-state index contributed by atoms with van der Waals surface area (Å²) in [5.41, 5.74) is 6.78. The van der Waals surface area contributed by atoms with Crippen molar-refractivity contribution in [3.63, 3.8) is 0 Å². The predicted octanol–water partition coefficient (Wildman–Crippen LogP) is 4.03. The quantitative estimate of drug-likeness (QED) is 0.638. The highest BCUT2D eigenvalue weighted by Gasteiger charge is 2.20. The second kappa shape index (κ2) is 10.0. The van der Waals surface area contributed by atoms with E-state index >= 15 is 0 Å². The van der Waals surface area contributed by atoms with Gasteiger partial charge in [-0.15, -0.1) is 22.6 Å². The Kier molecular flexibility index (Phi) is 8.75. The van der Waals surface area contributed by atoms with Gasteiger partial charge in [-0.25, -0.2) is 0 Å². The van der Waals surface area contributed by atoms with E-state index in [1.54, 1.807) is 0 Å². The normalized spacial score (nSPS) is 13.0. The summed E-state index contributed by atoms with van der Waals surface area (Å²) in [6, 6.07) is 7.09. The van der Waals surface area contributed by atoms with Gasteiger partial charge in [0.05, 0.1) is 11.8 Å². The maximum Gasteiger partial charge on any atom is 0.277 e. The molecule has 0 fully saturated rings. The van der Waals surface area contributed by atoms with E-state index in [0.717, 1.165) is 16.6 Å². The molecular formula is C15H20BrClN4O2S. The molecule has 1 aromatic heterocycles. The summed E-state index contributed by atoms with van der Waals surface area (Å²) in [7, 11) is 0. The third-order valence-electron chi connectivity index (χ3n) is 3.42. The van der Waals surface area contributed by atoms with Crippen LogP contribution in [-0.2, 0) is 4.79 Å². The van der Waals surface area contributed by atoms with Gasteiger partial charge < -0.3 is 15.5 Å². The minimum Gasteiger partial charge on any atom is -0.414 e. The number of hydrogen-bond acceptors (Lipinski definition) is 6. The van der Waals surface area contributed by atoms with E-state index in [9.17, 15) is 4.79 Å². The zero-order valence-corrected chi connectivity index (χ0v) is 16.6. The fraction of sp³-hybridized carbons (Fsp3) is 0.400. The van der Waals surface area contributed by atoms with Gasteiger partial charge >= 0.3 is 0 Å². The standard InChI is InChI=1S/C15H19BrN4O2S.ClH/c1-3-9(2)13(17)14-19-20-15(22-14)23-8-12(21)18-11-6-4-10(16)5-7-11;/h4-7,9,13H,3,8,17H2,1-2H3,(H,18,21);1H/t9?,13-;/m0./s1. The molecule has 0 bridgehead atoms. The minimum atomic E-state index is -0.279. The van der Waals surface area contributed by atoms with E-state index in [2.05, 4.69) is 38.4 Å². The van der Waals surface area contributed by atoms with Crippen molar-refractivity contribution in [3.05, 3.63) is 34.6 Å². The molecule has 24 heavy (non-hydrogen) atoms. The zero-order valence-electron chi connectivity index (χ0n) is 13.4. The fourth-order valence-electron chi connectivity index (χ4n) is 1.77. The number of benzene rings is 1. The molecule has 1 amide bonds. The highest BCUT2D eigenvalue weighted by molar-refractivity contribution is 9.10. The molecule has 2 rings (SSSR count). The highest BCUT2D eigenvalue weighted by atomic mass is 79.9. The summed E-state index contributed by atoms with van der Waals surface area (Å²) in [5.74, 6) is 0.725. The van der Waals surface area contributed by atoms with Gasteiger partial charge in [0.2, 0.25) is 11.8 Å². The first kappa shape index (κ1) is 21.0. The van der Waals surface area contributed by atoms with Gasteiger partial charge in [-0.05, 0) is 30.2 Å². The number of rotatable bonds is 7. The first-order valence-electron chi connectivity index (χ1n) is 7.26. The molecule has 6 nitrogen and oxygen atoms in total. The SMILES string of the molecule is CCC(C)[C@H](N)c1nnc(SCC(=O)Nc2ccc(Br)cc2)o1.Cl. The van der Waals surface area contributed by atoms with Crippen molar-refractivity contribution in [2.24, 2.45) is 11.7 Å². The maximum atomic E-state index is 11.9. The van der Waals surface area contributed by atoms with E-state index in [4.69, 9.17) is 10.2 Å². The van der Waals surface area contributed by atoms with Crippen molar-refractivity contribution < 1.29 is 9.21 Å². The summed E-state index contributed by atoms with van der Waals surface area (Å²) in [6.45, 7) is 4.09. The topological polar surface area (TPSA) is 94.0 Å². The summed E-state index contributed by atoms with van der Waals surface area (Å²) in [4.78, 5) is 11.9. The van der Waals surface area contributed by atoms with E-state index in [-0.39, 0.29) is 36.0 Å². The number of aromatic nitrogens is 2. The molecule has 2 aromatic rings. The molecular weight excluding hydrogens is 416 g/mol. The van der Waals surface area contributed by atoms with Crippen molar-refractivity contribution >= 4 is 51.7 Å². The molecule has 0 aliphatic heterocycles. The van der Waals surface area contributed by atoms with Crippen LogP contribution in [0, 0.1) is 5.92 Å². The Bertz CT molecular complexity index is 653. The van der Waals surface area contributed by atoms with Gasteiger partial charge in [-0.2, -0.15) is 0 Å². The number of halogens is 2. The molecule has 1 unspecified atom stereocenters. The molecule has 0 aliphatic rings. The van der Waals surface area contributed by atoms with Crippen LogP contribution in [-0.4, -0.2) is 21.9 Å². The number of nitrogens with two attached hydrogens (primary N) is 1. The molecule has 132 valence electrons. The Morgan fingerprint density at radius 1 is 1.38 bits per heavy atom. The second-order valence-corrected chi connectivity index (χ2v) is 7.00. The maximum absolute atomic E-state index is 11.9. The number of anilines is 1. The van der Waals surface area contributed by atoms with E-state index in [0.29, 0.717) is 11.1 Å². The van der Waals surface area contributed by atoms with Crippen molar-refractivity contribution in [1.82, 2.24) is 10.2 Å². The second-order valence-electron chi connectivity index (χ2n) is 5.16. The van der Waals surface area contributed by atoms with Gasteiger partial charge in [-0.3, -0.25) is 4.79 Å². The fourth-order valence-corrected chi connectivity index (χ4v) is 2.60. The third kappa shape index (κ3) is 6.08. The molecule has 2 atom stereocenters. The van der Waals surface area contributed by atoms with Crippen LogP contribution in [0.4, 0.5) is 5.69 Å².